The van der Waals surface area contributed by atoms with Crippen molar-refractivity contribution in [2.45, 2.75) is 12.8 Å². The van der Waals surface area contributed by atoms with Gasteiger partial charge in [0.15, 0.2) is 0 Å². The standard InChI is InChI=1S/C16H14O2S/c1-11(16(17)18)13-8-5-9-14(10-13)15(19)12-6-3-2-4-7-12/h2-11H,1H3,(H,17,18). The molecular weight excluding hydrogens is 256 g/mol. The molecule has 0 bridgehead atoms. The minimum Gasteiger partial charge on any atom is -0.481 e. The third-order valence-corrected chi connectivity index (χ3v) is 3.53. The molecular formula is C16H14O2S. The van der Waals surface area contributed by atoms with Gasteiger partial charge in [0.1, 0.15) is 0 Å². The molecule has 0 spiro atoms. The summed E-state index contributed by atoms with van der Waals surface area (Å²) >= 11 is 5.45. The Hall–Kier alpha value is -2.00. The summed E-state index contributed by atoms with van der Waals surface area (Å²) in [5.74, 6) is -1.36. The SMILES string of the molecule is CC(C(=O)O)c1cccc(C(=S)c2ccccc2)c1. The van der Waals surface area contributed by atoms with Crippen LogP contribution in [0.1, 0.15) is 29.5 Å². The van der Waals surface area contributed by atoms with Crippen molar-refractivity contribution in [1.29, 1.82) is 0 Å². The van der Waals surface area contributed by atoms with Gasteiger partial charge in [0.05, 0.1) is 10.8 Å². The molecule has 2 nitrogen and oxygen atoms in total. The fourth-order valence-corrected chi connectivity index (χ4v) is 2.11. The van der Waals surface area contributed by atoms with E-state index in [9.17, 15) is 4.79 Å². The number of hydrogen-bond donors (Lipinski definition) is 1. The molecule has 19 heavy (non-hydrogen) atoms. The number of benzene rings is 2. The monoisotopic (exact) mass is 270 g/mol. The highest BCUT2D eigenvalue weighted by molar-refractivity contribution is 7.81. The largest absolute Gasteiger partial charge is 0.481 e. The molecule has 0 heterocycles. The first-order valence-electron chi connectivity index (χ1n) is 6.02. The molecule has 1 atom stereocenters. The summed E-state index contributed by atoms with van der Waals surface area (Å²) < 4.78 is 0. The predicted octanol–water partition coefficient (Wildman–Crippen LogP) is 3.64. The summed E-state index contributed by atoms with van der Waals surface area (Å²) in [5.41, 5.74) is 2.62. The number of aliphatic carboxylic acids is 1. The fourth-order valence-electron chi connectivity index (χ4n) is 1.85. The molecule has 2 rings (SSSR count). The van der Waals surface area contributed by atoms with Gasteiger partial charge in [-0.1, -0.05) is 60.7 Å². The van der Waals surface area contributed by atoms with Crippen LogP contribution in [-0.4, -0.2) is 15.9 Å². The van der Waals surface area contributed by atoms with E-state index in [0.717, 1.165) is 21.6 Å². The van der Waals surface area contributed by atoms with Crippen LogP contribution >= 0.6 is 12.2 Å². The van der Waals surface area contributed by atoms with Gasteiger partial charge in [0, 0.05) is 0 Å². The van der Waals surface area contributed by atoms with Crippen LogP contribution in [0.4, 0.5) is 0 Å². The first-order chi connectivity index (χ1) is 9.09. The zero-order valence-electron chi connectivity index (χ0n) is 10.5. The van der Waals surface area contributed by atoms with Gasteiger partial charge < -0.3 is 5.11 Å². The molecule has 0 aliphatic heterocycles. The zero-order valence-corrected chi connectivity index (χ0v) is 11.4. The normalized spacial score (nSPS) is 11.8. The molecule has 1 unspecified atom stereocenters. The summed E-state index contributed by atoms with van der Waals surface area (Å²) in [5, 5.41) is 9.05. The van der Waals surface area contributed by atoms with E-state index in [1.807, 2.05) is 54.6 Å². The highest BCUT2D eigenvalue weighted by Crippen LogP contribution is 2.19. The average Bonchev–Trinajstić information content (AvgIpc) is 2.46. The minimum atomic E-state index is -0.831. The quantitative estimate of drug-likeness (QED) is 0.680. The van der Waals surface area contributed by atoms with E-state index in [1.54, 1.807) is 6.92 Å². The molecule has 0 aliphatic rings. The molecule has 0 aliphatic carbocycles. The van der Waals surface area contributed by atoms with E-state index in [1.165, 1.54) is 0 Å². The smallest absolute Gasteiger partial charge is 0.310 e. The van der Waals surface area contributed by atoms with E-state index in [-0.39, 0.29) is 0 Å². The van der Waals surface area contributed by atoms with Gasteiger partial charge in [-0.3, -0.25) is 4.79 Å². The second kappa shape index (κ2) is 5.76. The lowest BCUT2D eigenvalue weighted by atomic mass is 9.96. The molecule has 0 saturated carbocycles. The lowest BCUT2D eigenvalue weighted by Gasteiger charge is -2.10. The lowest BCUT2D eigenvalue weighted by molar-refractivity contribution is -0.138. The molecule has 2 aromatic rings. The Balaban J connectivity index is 2.34. The zero-order chi connectivity index (χ0) is 13.8. The predicted molar refractivity (Wildman–Crippen MR) is 79.7 cm³/mol. The Kier molecular flexibility index (Phi) is 4.07. The highest BCUT2D eigenvalue weighted by atomic mass is 32.1. The lowest BCUT2D eigenvalue weighted by Crippen LogP contribution is -2.08. The number of hydrogen-bond acceptors (Lipinski definition) is 2. The maximum absolute atomic E-state index is 11.0. The van der Waals surface area contributed by atoms with E-state index in [4.69, 9.17) is 17.3 Å². The average molecular weight is 270 g/mol. The first kappa shape index (κ1) is 13.4. The third-order valence-electron chi connectivity index (χ3n) is 3.06. The summed E-state index contributed by atoms with van der Waals surface area (Å²) in [7, 11) is 0. The Morgan fingerprint density at radius 2 is 1.68 bits per heavy atom. The highest BCUT2D eigenvalue weighted by Gasteiger charge is 2.14. The van der Waals surface area contributed by atoms with E-state index in [2.05, 4.69) is 0 Å². The molecule has 0 radical (unpaired) electrons. The van der Waals surface area contributed by atoms with Crippen LogP contribution in [0.25, 0.3) is 0 Å². The van der Waals surface area contributed by atoms with Gasteiger partial charge in [-0.2, -0.15) is 0 Å². The van der Waals surface area contributed by atoms with Crippen LogP contribution < -0.4 is 0 Å². The van der Waals surface area contributed by atoms with Crippen molar-refractivity contribution in [3.8, 4) is 0 Å². The second-order valence-electron chi connectivity index (χ2n) is 4.38. The van der Waals surface area contributed by atoms with Crippen molar-refractivity contribution in [3.63, 3.8) is 0 Å². The maximum Gasteiger partial charge on any atom is 0.310 e. The molecule has 0 fully saturated rings. The minimum absolute atomic E-state index is 0.529. The summed E-state index contributed by atoms with van der Waals surface area (Å²) in [6, 6.07) is 17.1. The molecule has 1 N–H and O–H groups in total. The number of rotatable bonds is 4. The van der Waals surface area contributed by atoms with Gasteiger partial charge in [-0.25, -0.2) is 0 Å². The van der Waals surface area contributed by atoms with Crippen molar-refractivity contribution in [2.24, 2.45) is 0 Å². The van der Waals surface area contributed by atoms with Crippen LogP contribution in [0.15, 0.2) is 54.6 Å². The van der Waals surface area contributed by atoms with Gasteiger partial charge in [-0.15, -0.1) is 0 Å². The second-order valence-corrected chi connectivity index (χ2v) is 4.79. The molecule has 2 aromatic carbocycles. The Labute approximate surface area is 117 Å². The number of carbonyl (C=O) groups is 1. The number of carboxylic acid groups (broad SMARTS) is 1. The van der Waals surface area contributed by atoms with Crippen molar-refractivity contribution in [3.05, 3.63) is 71.3 Å². The third kappa shape index (κ3) is 3.06. The van der Waals surface area contributed by atoms with Crippen LogP contribution in [0.5, 0.6) is 0 Å². The molecule has 0 aromatic heterocycles. The summed E-state index contributed by atoms with van der Waals surface area (Å²) in [6.07, 6.45) is 0. The molecule has 0 amide bonds. The topological polar surface area (TPSA) is 37.3 Å². The van der Waals surface area contributed by atoms with Crippen LogP contribution in [0, 0.1) is 0 Å². The maximum atomic E-state index is 11.0. The molecule has 96 valence electrons. The molecule has 0 saturated heterocycles. The van der Waals surface area contributed by atoms with Crippen LogP contribution in [0.3, 0.4) is 0 Å². The van der Waals surface area contributed by atoms with Crippen molar-refractivity contribution in [1.82, 2.24) is 0 Å². The summed E-state index contributed by atoms with van der Waals surface area (Å²) in [4.78, 5) is 11.8. The van der Waals surface area contributed by atoms with Crippen LogP contribution in [0.2, 0.25) is 0 Å². The van der Waals surface area contributed by atoms with Crippen molar-refractivity contribution >= 4 is 23.1 Å². The number of thiocarbonyl (C=S) groups is 1. The van der Waals surface area contributed by atoms with Crippen LogP contribution in [-0.2, 0) is 4.79 Å². The Morgan fingerprint density at radius 1 is 1.05 bits per heavy atom. The van der Waals surface area contributed by atoms with Crippen molar-refractivity contribution < 1.29 is 9.90 Å². The van der Waals surface area contributed by atoms with Gasteiger partial charge in [0.2, 0.25) is 0 Å². The Morgan fingerprint density at radius 3 is 2.32 bits per heavy atom. The summed E-state index contributed by atoms with van der Waals surface area (Å²) in [6.45, 7) is 1.67. The first-order valence-corrected chi connectivity index (χ1v) is 6.43. The Bertz CT molecular complexity index is 605. The van der Waals surface area contributed by atoms with Gasteiger partial charge in [-0.05, 0) is 29.7 Å². The number of carboxylic acids is 1. The fraction of sp³-hybridized carbons (Fsp3) is 0.125. The van der Waals surface area contributed by atoms with E-state index in [0.29, 0.717) is 0 Å². The van der Waals surface area contributed by atoms with Gasteiger partial charge in [0.25, 0.3) is 0 Å². The van der Waals surface area contributed by atoms with Gasteiger partial charge >= 0.3 is 5.97 Å². The van der Waals surface area contributed by atoms with Crippen molar-refractivity contribution in [2.75, 3.05) is 0 Å². The molecule has 3 heteroatoms. The van der Waals surface area contributed by atoms with E-state index >= 15 is 0 Å². The van der Waals surface area contributed by atoms with E-state index < -0.39 is 11.9 Å².